The Morgan fingerprint density at radius 2 is 2.04 bits per heavy atom. The zero-order valence-corrected chi connectivity index (χ0v) is 15.3. The predicted octanol–water partition coefficient (Wildman–Crippen LogP) is 0.930. The molecule has 5 N–H and O–H groups in total. The number of pyridine rings is 1. The van der Waals surface area contributed by atoms with Crippen LogP contribution in [0.5, 0.6) is 0 Å². The second-order valence-electron chi connectivity index (χ2n) is 6.84. The number of aromatic nitrogens is 1. The summed E-state index contributed by atoms with van der Waals surface area (Å²) < 4.78 is 0. The molecule has 0 radical (unpaired) electrons. The monoisotopic (exact) mass is 367 g/mol. The van der Waals surface area contributed by atoms with Crippen LogP contribution in [0.15, 0.2) is 48.7 Å². The van der Waals surface area contributed by atoms with Crippen LogP contribution in [0.1, 0.15) is 30.4 Å². The number of nitrogens with one attached hydrogen (secondary N) is 3. The Bertz CT molecular complexity index is 779. The molecular weight excluding hydrogens is 342 g/mol. The van der Waals surface area contributed by atoms with E-state index in [1.165, 1.54) is 5.56 Å². The molecule has 1 saturated heterocycles. The van der Waals surface area contributed by atoms with Crippen LogP contribution >= 0.6 is 0 Å². The molecule has 2 aromatic rings. The fourth-order valence-electron chi connectivity index (χ4n) is 3.18. The summed E-state index contributed by atoms with van der Waals surface area (Å²) in [5.74, 6) is 0.357. The summed E-state index contributed by atoms with van der Waals surface area (Å²) in [6.07, 6.45) is 2.34. The van der Waals surface area contributed by atoms with Crippen LogP contribution in [0.3, 0.4) is 0 Å². The molecule has 3 rings (SSSR count). The number of hydrogen-bond donors (Lipinski definition) is 4. The van der Waals surface area contributed by atoms with Crippen molar-refractivity contribution in [3.63, 3.8) is 0 Å². The number of anilines is 1. The maximum Gasteiger partial charge on any atom is 0.242 e. The molecule has 142 valence electrons. The molecule has 1 aliphatic heterocycles. The summed E-state index contributed by atoms with van der Waals surface area (Å²) in [7, 11) is 0. The number of amides is 2. The van der Waals surface area contributed by atoms with E-state index >= 15 is 0 Å². The molecule has 1 fully saturated rings. The molecule has 0 bridgehead atoms. The van der Waals surface area contributed by atoms with Crippen LogP contribution in [0.25, 0.3) is 0 Å². The Hall–Kier alpha value is -2.93. The molecule has 0 unspecified atom stereocenters. The normalized spacial score (nSPS) is 20.0. The van der Waals surface area contributed by atoms with Crippen LogP contribution < -0.4 is 21.7 Å². The van der Waals surface area contributed by atoms with Gasteiger partial charge in [0.1, 0.15) is 11.9 Å². The molecule has 1 aromatic carbocycles. The minimum Gasteiger partial charge on any atom is -0.384 e. The fraction of sp³-hybridized carbons (Fsp3) is 0.350. The highest BCUT2D eigenvalue weighted by atomic mass is 16.2. The molecule has 0 saturated carbocycles. The van der Waals surface area contributed by atoms with Gasteiger partial charge >= 0.3 is 0 Å². The predicted molar refractivity (Wildman–Crippen MR) is 104 cm³/mol. The highest BCUT2D eigenvalue weighted by molar-refractivity contribution is 5.89. The van der Waals surface area contributed by atoms with Crippen molar-refractivity contribution in [2.24, 2.45) is 0 Å². The number of carbonyl (C=O) groups excluding carboxylic acids is 2. The molecule has 27 heavy (non-hydrogen) atoms. The van der Waals surface area contributed by atoms with E-state index < -0.39 is 6.04 Å². The summed E-state index contributed by atoms with van der Waals surface area (Å²) in [5, 5.41) is 8.83. The number of nitrogens with two attached hydrogens (primary N) is 1. The molecule has 1 aliphatic rings. The van der Waals surface area contributed by atoms with Crippen molar-refractivity contribution >= 4 is 17.6 Å². The molecule has 2 amide bonds. The van der Waals surface area contributed by atoms with Crippen LogP contribution in [0, 0.1) is 0 Å². The van der Waals surface area contributed by atoms with Gasteiger partial charge in [0, 0.05) is 19.3 Å². The summed E-state index contributed by atoms with van der Waals surface area (Å²) >= 11 is 0. The first-order valence-corrected chi connectivity index (χ1v) is 9.09. The van der Waals surface area contributed by atoms with Crippen LogP contribution in [-0.2, 0) is 16.1 Å². The average Bonchev–Trinajstić information content (AvgIpc) is 3.18. The Morgan fingerprint density at radius 1 is 1.26 bits per heavy atom. The van der Waals surface area contributed by atoms with Gasteiger partial charge in [-0.1, -0.05) is 36.4 Å². The first kappa shape index (κ1) is 18.8. The second kappa shape index (κ2) is 8.64. The SMILES string of the molecule is C[C@H](NC(=O)[C@H]1C[C@@H](c2ccccc2)CN1)C(=O)NCc1ccc(N)nc1. The first-order valence-electron chi connectivity index (χ1n) is 9.09. The highest BCUT2D eigenvalue weighted by Gasteiger charge is 2.31. The van der Waals surface area contributed by atoms with Crippen molar-refractivity contribution in [1.29, 1.82) is 0 Å². The Morgan fingerprint density at radius 3 is 2.74 bits per heavy atom. The number of hydrogen-bond acceptors (Lipinski definition) is 5. The standard InChI is InChI=1S/C20H25N5O2/c1-13(19(26)24-11-14-7-8-18(21)23-10-14)25-20(27)17-9-16(12-22-17)15-5-3-2-4-6-15/h2-8,10,13,16-17,22H,9,11-12H2,1H3,(H2,21,23)(H,24,26)(H,25,27)/t13-,16+,17+/m0/s1. The number of nitrogens with zero attached hydrogens (tertiary/aromatic N) is 1. The molecule has 0 spiro atoms. The lowest BCUT2D eigenvalue weighted by atomic mass is 9.96. The number of rotatable bonds is 6. The van der Waals surface area contributed by atoms with E-state index in [0.717, 1.165) is 18.5 Å². The molecule has 3 atom stereocenters. The van der Waals surface area contributed by atoms with Crippen LogP contribution in [-0.4, -0.2) is 35.4 Å². The summed E-state index contributed by atoms with van der Waals surface area (Å²) in [5.41, 5.74) is 7.61. The van der Waals surface area contributed by atoms with Crippen molar-refractivity contribution in [3.05, 3.63) is 59.8 Å². The van der Waals surface area contributed by atoms with E-state index in [1.54, 1.807) is 25.3 Å². The van der Waals surface area contributed by atoms with E-state index in [9.17, 15) is 9.59 Å². The number of carbonyl (C=O) groups is 2. The van der Waals surface area contributed by atoms with Gasteiger partial charge in [0.2, 0.25) is 11.8 Å². The van der Waals surface area contributed by atoms with Crippen molar-refractivity contribution in [2.75, 3.05) is 12.3 Å². The Balaban J connectivity index is 1.45. The van der Waals surface area contributed by atoms with Gasteiger partial charge in [0.15, 0.2) is 0 Å². The third kappa shape index (κ3) is 5.04. The van der Waals surface area contributed by atoms with E-state index in [0.29, 0.717) is 18.3 Å². The first-order chi connectivity index (χ1) is 13.0. The second-order valence-corrected chi connectivity index (χ2v) is 6.84. The zero-order chi connectivity index (χ0) is 19.2. The Labute approximate surface area is 158 Å². The van der Waals surface area contributed by atoms with Crippen molar-refractivity contribution < 1.29 is 9.59 Å². The van der Waals surface area contributed by atoms with Crippen molar-refractivity contribution in [1.82, 2.24) is 20.9 Å². The molecule has 2 heterocycles. The van der Waals surface area contributed by atoms with Crippen LogP contribution in [0.2, 0.25) is 0 Å². The van der Waals surface area contributed by atoms with Gasteiger partial charge in [-0.3, -0.25) is 9.59 Å². The van der Waals surface area contributed by atoms with Crippen molar-refractivity contribution in [2.45, 2.75) is 37.9 Å². The van der Waals surface area contributed by atoms with Crippen molar-refractivity contribution in [3.8, 4) is 0 Å². The lowest BCUT2D eigenvalue weighted by Crippen LogP contribution is -2.49. The quantitative estimate of drug-likeness (QED) is 0.607. The maximum absolute atomic E-state index is 12.5. The lowest BCUT2D eigenvalue weighted by Gasteiger charge is -2.17. The summed E-state index contributed by atoms with van der Waals surface area (Å²) in [4.78, 5) is 28.7. The topological polar surface area (TPSA) is 109 Å². The molecule has 0 aliphatic carbocycles. The van der Waals surface area contributed by atoms with Gasteiger partial charge in [0.25, 0.3) is 0 Å². The average molecular weight is 367 g/mol. The maximum atomic E-state index is 12.5. The summed E-state index contributed by atoms with van der Waals surface area (Å²) in [6.45, 7) is 2.77. The third-order valence-corrected chi connectivity index (χ3v) is 4.78. The zero-order valence-electron chi connectivity index (χ0n) is 15.3. The minimum atomic E-state index is -0.614. The van der Waals surface area contributed by atoms with Gasteiger partial charge in [-0.2, -0.15) is 0 Å². The number of nitrogen functional groups attached to an aromatic ring is 1. The van der Waals surface area contributed by atoms with Gasteiger partial charge in [-0.15, -0.1) is 0 Å². The van der Waals surface area contributed by atoms with Crippen LogP contribution in [0.4, 0.5) is 5.82 Å². The number of benzene rings is 1. The molecule has 1 aromatic heterocycles. The van der Waals surface area contributed by atoms with E-state index in [2.05, 4.69) is 33.1 Å². The van der Waals surface area contributed by atoms with Gasteiger partial charge in [-0.25, -0.2) is 4.98 Å². The molecule has 7 nitrogen and oxygen atoms in total. The van der Waals surface area contributed by atoms with Gasteiger partial charge in [-0.05, 0) is 36.5 Å². The fourth-order valence-corrected chi connectivity index (χ4v) is 3.18. The largest absolute Gasteiger partial charge is 0.384 e. The highest BCUT2D eigenvalue weighted by Crippen LogP contribution is 2.25. The van der Waals surface area contributed by atoms with Gasteiger partial charge in [0.05, 0.1) is 6.04 Å². The smallest absolute Gasteiger partial charge is 0.242 e. The summed E-state index contributed by atoms with van der Waals surface area (Å²) in [6, 6.07) is 12.7. The third-order valence-electron chi connectivity index (χ3n) is 4.78. The van der Waals surface area contributed by atoms with Gasteiger partial charge < -0.3 is 21.7 Å². The molecular formula is C20H25N5O2. The minimum absolute atomic E-state index is 0.148. The molecule has 7 heteroatoms. The van der Waals surface area contributed by atoms with E-state index in [4.69, 9.17) is 5.73 Å². The lowest BCUT2D eigenvalue weighted by molar-refractivity contribution is -0.129. The Kier molecular flexibility index (Phi) is 6.03. The van der Waals surface area contributed by atoms with E-state index in [-0.39, 0.29) is 17.9 Å². The van der Waals surface area contributed by atoms with E-state index in [1.807, 2.05) is 18.2 Å².